The van der Waals surface area contributed by atoms with Gasteiger partial charge in [0.2, 0.25) is 0 Å². The zero-order valence-corrected chi connectivity index (χ0v) is 7.72. The number of carboxylic acids is 1. The van der Waals surface area contributed by atoms with Gasteiger partial charge in [0.15, 0.2) is 6.10 Å². The Labute approximate surface area is 82.3 Å². The van der Waals surface area contributed by atoms with Gasteiger partial charge in [-0.1, -0.05) is 30.3 Å². The van der Waals surface area contributed by atoms with Crippen LogP contribution in [0.25, 0.3) is 0 Å². The molecule has 1 aliphatic rings. The molecular weight excluding hydrogens is 180 g/mol. The number of carbonyl (C=O) groups is 1. The zero-order valence-electron chi connectivity index (χ0n) is 7.72. The van der Waals surface area contributed by atoms with Crippen LogP contribution in [0, 0.1) is 0 Å². The first-order valence-electron chi connectivity index (χ1n) is 4.70. The second-order valence-corrected chi connectivity index (χ2v) is 3.44. The Hall–Kier alpha value is -1.35. The van der Waals surface area contributed by atoms with Gasteiger partial charge in [-0.05, 0) is 18.4 Å². The average Bonchev–Trinajstić information content (AvgIpc) is 2.68. The van der Waals surface area contributed by atoms with E-state index in [0.29, 0.717) is 6.42 Å². The molecule has 1 aromatic rings. The summed E-state index contributed by atoms with van der Waals surface area (Å²) in [6, 6.07) is 9.75. The highest BCUT2D eigenvalue weighted by molar-refractivity contribution is 5.72. The van der Waals surface area contributed by atoms with Crippen molar-refractivity contribution in [2.24, 2.45) is 0 Å². The molecule has 1 aromatic carbocycles. The van der Waals surface area contributed by atoms with E-state index in [1.165, 1.54) is 0 Å². The molecule has 0 spiro atoms. The molecular formula is C11H12O3. The van der Waals surface area contributed by atoms with Crippen molar-refractivity contribution >= 4 is 5.97 Å². The van der Waals surface area contributed by atoms with E-state index in [0.717, 1.165) is 12.0 Å². The van der Waals surface area contributed by atoms with Crippen LogP contribution in [0.5, 0.6) is 0 Å². The van der Waals surface area contributed by atoms with E-state index < -0.39 is 12.1 Å². The summed E-state index contributed by atoms with van der Waals surface area (Å²) in [6.45, 7) is 0. The van der Waals surface area contributed by atoms with E-state index in [-0.39, 0.29) is 6.10 Å². The molecule has 3 nitrogen and oxygen atoms in total. The molecule has 74 valence electrons. The number of rotatable bonds is 2. The van der Waals surface area contributed by atoms with Crippen molar-refractivity contribution in [3.8, 4) is 0 Å². The van der Waals surface area contributed by atoms with Crippen molar-refractivity contribution < 1.29 is 14.6 Å². The van der Waals surface area contributed by atoms with Gasteiger partial charge in [-0.3, -0.25) is 0 Å². The summed E-state index contributed by atoms with van der Waals surface area (Å²) < 4.78 is 5.41. The summed E-state index contributed by atoms with van der Waals surface area (Å²) in [5, 5.41) is 8.75. The minimum Gasteiger partial charge on any atom is -0.479 e. The molecule has 0 unspecified atom stereocenters. The van der Waals surface area contributed by atoms with Gasteiger partial charge in [-0.25, -0.2) is 4.79 Å². The Morgan fingerprint density at radius 3 is 2.57 bits per heavy atom. The molecule has 1 saturated heterocycles. The highest BCUT2D eigenvalue weighted by Gasteiger charge is 2.30. The van der Waals surface area contributed by atoms with Gasteiger partial charge in [0.1, 0.15) is 0 Å². The Morgan fingerprint density at radius 2 is 2.00 bits per heavy atom. The maximum Gasteiger partial charge on any atom is 0.332 e. The number of hydrogen-bond acceptors (Lipinski definition) is 2. The van der Waals surface area contributed by atoms with Crippen molar-refractivity contribution in [3.63, 3.8) is 0 Å². The Kier molecular flexibility index (Phi) is 2.50. The van der Waals surface area contributed by atoms with E-state index >= 15 is 0 Å². The molecule has 0 aromatic heterocycles. The van der Waals surface area contributed by atoms with Crippen LogP contribution in [0.2, 0.25) is 0 Å². The second-order valence-electron chi connectivity index (χ2n) is 3.44. The maximum atomic E-state index is 10.7. The number of aliphatic carboxylic acids is 1. The molecule has 0 aliphatic carbocycles. The van der Waals surface area contributed by atoms with Crippen LogP contribution < -0.4 is 0 Å². The second kappa shape index (κ2) is 3.80. The van der Waals surface area contributed by atoms with Gasteiger partial charge in [-0.15, -0.1) is 0 Å². The largest absolute Gasteiger partial charge is 0.479 e. The maximum absolute atomic E-state index is 10.7. The first-order chi connectivity index (χ1) is 6.77. The summed E-state index contributed by atoms with van der Waals surface area (Å²) in [5.74, 6) is -0.858. The first-order valence-corrected chi connectivity index (χ1v) is 4.70. The quantitative estimate of drug-likeness (QED) is 0.779. The molecule has 1 heterocycles. The van der Waals surface area contributed by atoms with E-state index in [9.17, 15) is 4.79 Å². The lowest BCUT2D eigenvalue weighted by Gasteiger charge is -2.10. The van der Waals surface area contributed by atoms with E-state index in [1.54, 1.807) is 0 Å². The smallest absolute Gasteiger partial charge is 0.332 e. The zero-order chi connectivity index (χ0) is 9.97. The van der Waals surface area contributed by atoms with Gasteiger partial charge in [0.25, 0.3) is 0 Å². The van der Waals surface area contributed by atoms with E-state index in [1.807, 2.05) is 30.3 Å². The lowest BCUT2D eigenvalue weighted by molar-refractivity contribution is -0.149. The highest BCUT2D eigenvalue weighted by Crippen LogP contribution is 2.32. The average molecular weight is 192 g/mol. The molecule has 3 heteroatoms. The van der Waals surface area contributed by atoms with Crippen LogP contribution in [0.3, 0.4) is 0 Å². The molecule has 2 atom stereocenters. The summed E-state index contributed by atoms with van der Waals surface area (Å²) in [7, 11) is 0. The van der Waals surface area contributed by atoms with Crippen molar-refractivity contribution in [1.82, 2.24) is 0 Å². The van der Waals surface area contributed by atoms with E-state index in [4.69, 9.17) is 9.84 Å². The Bertz CT molecular complexity index is 321. The van der Waals surface area contributed by atoms with Crippen molar-refractivity contribution in [2.45, 2.75) is 25.0 Å². The van der Waals surface area contributed by atoms with Crippen LogP contribution in [-0.2, 0) is 9.53 Å². The van der Waals surface area contributed by atoms with Gasteiger partial charge in [0, 0.05) is 0 Å². The molecule has 14 heavy (non-hydrogen) atoms. The predicted octanol–water partition coefficient (Wildman–Crippen LogP) is 1.99. The monoisotopic (exact) mass is 192 g/mol. The van der Waals surface area contributed by atoms with Crippen molar-refractivity contribution in [3.05, 3.63) is 35.9 Å². The molecule has 1 aliphatic heterocycles. The lowest BCUT2D eigenvalue weighted by atomic mass is 10.1. The first kappa shape index (κ1) is 9.21. The lowest BCUT2D eigenvalue weighted by Crippen LogP contribution is -2.18. The standard InChI is InChI=1S/C11H12O3/c12-11(13)10-7-6-9(14-10)8-4-2-1-3-5-8/h1-5,9-10H,6-7H2,(H,12,13)/t9-,10-/m0/s1. The minimum absolute atomic E-state index is 0.0442. The molecule has 0 bridgehead atoms. The van der Waals surface area contributed by atoms with Crippen LogP contribution in [0.15, 0.2) is 30.3 Å². The summed E-state index contributed by atoms with van der Waals surface area (Å²) in [4.78, 5) is 10.7. The third-order valence-electron chi connectivity index (χ3n) is 2.47. The van der Waals surface area contributed by atoms with Crippen LogP contribution in [0.4, 0.5) is 0 Å². The van der Waals surface area contributed by atoms with Crippen molar-refractivity contribution in [1.29, 1.82) is 0 Å². The van der Waals surface area contributed by atoms with Crippen LogP contribution >= 0.6 is 0 Å². The van der Waals surface area contributed by atoms with Gasteiger partial charge >= 0.3 is 5.97 Å². The van der Waals surface area contributed by atoms with Gasteiger partial charge < -0.3 is 9.84 Å². The summed E-state index contributed by atoms with van der Waals surface area (Å²) in [6.07, 6.45) is 0.730. The number of ether oxygens (including phenoxy) is 1. The summed E-state index contributed by atoms with van der Waals surface area (Å²) >= 11 is 0. The SMILES string of the molecule is O=C(O)[C@@H]1CC[C@@H](c2ccccc2)O1. The summed E-state index contributed by atoms with van der Waals surface area (Å²) in [5.41, 5.74) is 1.07. The molecule has 0 saturated carbocycles. The molecule has 1 fully saturated rings. The number of hydrogen-bond donors (Lipinski definition) is 1. The third kappa shape index (κ3) is 1.77. The Balaban J connectivity index is 2.06. The molecule has 2 rings (SSSR count). The fraction of sp³-hybridized carbons (Fsp3) is 0.364. The van der Waals surface area contributed by atoms with Crippen LogP contribution in [0.1, 0.15) is 24.5 Å². The van der Waals surface area contributed by atoms with Crippen molar-refractivity contribution in [2.75, 3.05) is 0 Å². The molecule has 0 amide bonds. The van der Waals surface area contributed by atoms with Gasteiger partial charge in [0.05, 0.1) is 6.10 Å². The van der Waals surface area contributed by atoms with Gasteiger partial charge in [-0.2, -0.15) is 0 Å². The fourth-order valence-corrected chi connectivity index (χ4v) is 1.73. The Morgan fingerprint density at radius 1 is 1.29 bits per heavy atom. The predicted molar refractivity (Wildman–Crippen MR) is 50.9 cm³/mol. The fourth-order valence-electron chi connectivity index (χ4n) is 1.73. The van der Waals surface area contributed by atoms with E-state index in [2.05, 4.69) is 0 Å². The normalized spacial score (nSPS) is 26.3. The molecule has 1 N–H and O–H groups in total. The van der Waals surface area contributed by atoms with Crippen LogP contribution in [-0.4, -0.2) is 17.2 Å². The topological polar surface area (TPSA) is 46.5 Å². The number of benzene rings is 1. The highest BCUT2D eigenvalue weighted by atomic mass is 16.5. The molecule has 0 radical (unpaired) electrons. The third-order valence-corrected chi connectivity index (χ3v) is 2.47. The number of carboxylic acid groups (broad SMARTS) is 1. The minimum atomic E-state index is -0.858.